The first-order valence-electron chi connectivity index (χ1n) is 6.88. The van der Waals surface area contributed by atoms with Crippen molar-refractivity contribution in [3.05, 3.63) is 68.1 Å². The van der Waals surface area contributed by atoms with Gasteiger partial charge in [-0.1, -0.05) is 47.5 Å². The number of H-pyrrole nitrogens is 1. The summed E-state index contributed by atoms with van der Waals surface area (Å²) >= 11 is 12.0. The van der Waals surface area contributed by atoms with Crippen LogP contribution in [0.25, 0.3) is 11.0 Å². The number of imidazole rings is 1. The number of nitrogens with one attached hydrogen (secondary N) is 2. The summed E-state index contributed by atoms with van der Waals surface area (Å²) in [6.07, 6.45) is 0. The SMILES string of the molecule is CNCc1ccc(Cn2c(=O)[nH]c3cc(Cl)c(Cl)cc32)cc1. The lowest BCUT2D eigenvalue weighted by molar-refractivity contribution is 0.783. The molecule has 0 radical (unpaired) electrons. The van der Waals surface area contributed by atoms with Crippen molar-refractivity contribution >= 4 is 34.2 Å². The lowest BCUT2D eigenvalue weighted by atomic mass is 10.1. The average Bonchev–Trinajstić information content (AvgIpc) is 2.78. The van der Waals surface area contributed by atoms with Crippen molar-refractivity contribution < 1.29 is 0 Å². The Morgan fingerprint density at radius 1 is 1.09 bits per heavy atom. The van der Waals surface area contributed by atoms with Crippen molar-refractivity contribution in [3.63, 3.8) is 0 Å². The summed E-state index contributed by atoms with van der Waals surface area (Å²) in [4.78, 5) is 14.9. The molecule has 0 aliphatic carbocycles. The first-order chi connectivity index (χ1) is 10.6. The Balaban J connectivity index is 1.98. The van der Waals surface area contributed by atoms with Gasteiger partial charge in [0, 0.05) is 6.54 Å². The number of nitrogens with zero attached hydrogens (tertiary/aromatic N) is 1. The molecule has 0 aliphatic heterocycles. The maximum Gasteiger partial charge on any atom is 0.326 e. The highest BCUT2D eigenvalue weighted by Gasteiger charge is 2.10. The molecule has 6 heteroatoms. The molecular weight excluding hydrogens is 321 g/mol. The Morgan fingerprint density at radius 2 is 1.73 bits per heavy atom. The second kappa shape index (κ2) is 6.16. The van der Waals surface area contributed by atoms with Crippen LogP contribution in [0.15, 0.2) is 41.2 Å². The number of hydrogen-bond acceptors (Lipinski definition) is 2. The Bertz CT molecular complexity index is 865. The second-order valence-electron chi connectivity index (χ2n) is 5.15. The van der Waals surface area contributed by atoms with Gasteiger partial charge in [-0.2, -0.15) is 0 Å². The predicted molar refractivity (Wildman–Crippen MR) is 90.9 cm³/mol. The van der Waals surface area contributed by atoms with Gasteiger partial charge in [-0.3, -0.25) is 4.57 Å². The normalized spacial score (nSPS) is 11.2. The second-order valence-corrected chi connectivity index (χ2v) is 5.96. The molecule has 0 amide bonds. The van der Waals surface area contributed by atoms with Crippen molar-refractivity contribution in [2.24, 2.45) is 0 Å². The summed E-state index contributed by atoms with van der Waals surface area (Å²) in [7, 11) is 1.91. The van der Waals surface area contributed by atoms with Crippen LogP contribution in [0.1, 0.15) is 11.1 Å². The van der Waals surface area contributed by atoms with E-state index in [1.165, 1.54) is 5.56 Å². The van der Waals surface area contributed by atoms with Gasteiger partial charge < -0.3 is 10.3 Å². The maximum absolute atomic E-state index is 12.1. The fourth-order valence-electron chi connectivity index (χ4n) is 2.46. The average molecular weight is 336 g/mol. The monoisotopic (exact) mass is 335 g/mol. The van der Waals surface area contributed by atoms with Crippen LogP contribution in [0, 0.1) is 0 Å². The fourth-order valence-corrected chi connectivity index (χ4v) is 2.78. The van der Waals surface area contributed by atoms with E-state index in [0.717, 1.165) is 17.6 Å². The van der Waals surface area contributed by atoms with E-state index in [9.17, 15) is 4.79 Å². The molecule has 0 saturated heterocycles. The zero-order chi connectivity index (χ0) is 15.7. The van der Waals surface area contributed by atoms with E-state index < -0.39 is 0 Å². The third kappa shape index (κ3) is 2.90. The first kappa shape index (κ1) is 15.2. The van der Waals surface area contributed by atoms with Gasteiger partial charge in [0.2, 0.25) is 0 Å². The molecule has 1 aromatic heterocycles. The summed E-state index contributed by atoms with van der Waals surface area (Å²) in [5.74, 6) is 0. The number of aromatic amines is 1. The molecule has 1 heterocycles. The minimum atomic E-state index is -0.173. The predicted octanol–water partition coefficient (Wildman–Crippen LogP) is 3.40. The van der Waals surface area contributed by atoms with Crippen molar-refractivity contribution in [2.45, 2.75) is 13.1 Å². The molecule has 3 rings (SSSR count). The number of hydrogen-bond donors (Lipinski definition) is 2. The molecule has 0 spiro atoms. The summed E-state index contributed by atoms with van der Waals surface area (Å²) in [5.41, 5.74) is 3.51. The van der Waals surface area contributed by atoms with E-state index in [1.54, 1.807) is 16.7 Å². The van der Waals surface area contributed by atoms with Crippen LogP contribution in [0.5, 0.6) is 0 Å². The zero-order valence-corrected chi connectivity index (χ0v) is 13.5. The van der Waals surface area contributed by atoms with E-state index in [-0.39, 0.29) is 5.69 Å². The fraction of sp³-hybridized carbons (Fsp3) is 0.188. The number of halogens is 2. The highest BCUT2D eigenvalue weighted by molar-refractivity contribution is 6.42. The topological polar surface area (TPSA) is 49.8 Å². The molecule has 2 aromatic carbocycles. The number of benzene rings is 2. The molecule has 0 unspecified atom stereocenters. The van der Waals surface area contributed by atoms with E-state index in [4.69, 9.17) is 23.2 Å². The van der Waals surface area contributed by atoms with Gasteiger partial charge in [-0.25, -0.2) is 4.79 Å². The first-order valence-corrected chi connectivity index (χ1v) is 7.64. The highest BCUT2D eigenvalue weighted by atomic mass is 35.5. The molecular formula is C16H15Cl2N3O. The number of aromatic nitrogens is 2. The van der Waals surface area contributed by atoms with Crippen molar-refractivity contribution in [2.75, 3.05) is 7.05 Å². The van der Waals surface area contributed by atoms with Gasteiger partial charge in [0.15, 0.2) is 0 Å². The van der Waals surface area contributed by atoms with Crippen LogP contribution in [-0.4, -0.2) is 16.6 Å². The van der Waals surface area contributed by atoms with Crippen LogP contribution in [0.2, 0.25) is 10.0 Å². The van der Waals surface area contributed by atoms with Gasteiger partial charge >= 0.3 is 5.69 Å². The van der Waals surface area contributed by atoms with Gasteiger partial charge in [0.05, 0.1) is 27.6 Å². The Hall–Kier alpha value is -1.75. The van der Waals surface area contributed by atoms with Crippen molar-refractivity contribution in [1.29, 1.82) is 0 Å². The standard InChI is InChI=1S/C16H15Cl2N3O/c1-19-8-10-2-4-11(5-3-10)9-21-15-7-13(18)12(17)6-14(15)20-16(21)22/h2-7,19H,8-9H2,1H3,(H,20,22). The van der Waals surface area contributed by atoms with Gasteiger partial charge in [0.25, 0.3) is 0 Å². The minimum Gasteiger partial charge on any atom is -0.316 e. The van der Waals surface area contributed by atoms with E-state index in [0.29, 0.717) is 22.1 Å². The van der Waals surface area contributed by atoms with Gasteiger partial charge in [-0.15, -0.1) is 0 Å². The maximum atomic E-state index is 12.1. The largest absolute Gasteiger partial charge is 0.326 e. The highest BCUT2D eigenvalue weighted by Crippen LogP contribution is 2.26. The molecule has 3 aromatic rings. The quantitative estimate of drug-likeness (QED) is 0.767. The third-order valence-electron chi connectivity index (χ3n) is 3.56. The van der Waals surface area contributed by atoms with Crippen LogP contribution in [-0.2, 0) is 13.1 Å². The molecule has 0 fully saturated rings. The van der Waals surface area contributed by atoms with Crippen LogP contribution in [0.3, 0.4) is 0 Å². The lowest BCUT2D eigenvalue weighted by Crippen LogP contribution is -2.17. The van der Waals surface area contributed by atoms with Crippen LogP contribution in [0.4, 0.5) is 0 Å². The number of fused-ring (bicyclic) bond motifs is 1. The zero-order valence-electron chi connectivity index (χ0n) is 12.0. The lowest BCUT2D eigenvalue weighted by Gasteiger charge is -2.06. The Labute approximate surface area is 137 Å². The Morgan fingerprint density at radius 3 is 2.41 bits per heavy atom. The smallest absolute Gasteiger partial charge is 0.316 e. The molecule has 114 valence electrons. The molecule has 2 N–H and O–H groups in total. The molecule has 0 atom stereocenters. The van der Waals surface area contributed by atoms with E-state index >= 15 is 0 Å². The van der Waals surface area contributed by atoms with E-state index in [2.05, 4.69) is 22.4 Å². The molecule has 0 bridgehead atoms. The molecule has 4 nitrogen and oxygen atoms in total. The number of rotatable bonds is 4. The molecule has 0 saturated carbocycles. The van der Waals surface area contributed by atoms with Gasteiger partial charge in [0.1, 0.15) is 0 Å². The minimum absolute atomic E-state index is 0.173. The summed E-state index contributed by atoms with van der Waals surface area (Å²) in [5, 5.41) is 3.97. The molecule has 0 aliphatic rings. The van der Waals surface area contributed by atoms with E-state index in [1.807, 2.05) is 19.2 Å². The van der Waals surface area contributed by atoms with Gasteiger partial charge in [-0.05, 0) is 30.3 Å². The summed E-state index contributed by atoms with van der Waals surface area (Å²) in [6.45, 7) is 1.30. The summed E-state index contributed by atoms with van der Waals surface area (Å²) in [6, 6.07) is 11.5. The van der Waals surface area contributed by atoms with Crippen molar-refractivity contribution in [1.82, 2.24) is 14.9 Å². The summed E-state index contributed by atoms with van der Waals surface area (Å²) < 4.78 is 1.66. The Kier molecular flexibility index (Phi) is 4.25. The molecule has 22 heavy (non-hydrogen) atoms. The van der Waals surface area contributed by atoms with Crippen LogP contribution >= 0.6 is 23.2 Å². The van der Waals surface area contributed by atoms with Crippen molar-refractivity contribution in [3.8, 4) is 0 Å². The third-order valence-corrected chi connectivity index (χ3v) is 4.28. The van der Waals surface area contributed by atoms with Crippen LogP contribution < -0.4 is 11.0 Å².